The molecule has 2 aromatic carbocycles. The Morgan fingerprint density at radius 2 is 2.00 bits per heavy atom. The summed E-state index contributed by atoms with van der Waals surface area (Å²) in [6, 6.07) is 12.0. The number of halogens is 1. The molecule has 4 aliphatic rings. The number of hydroxylamine groups is 1. The van der Waals surface area contributed by atoms with Crippen LogP contribution in [0.25, 0.3) is 0 Å². The van der Waals surface area contributed by atoms with Crippen molar-refractivity contribution in [1.29, 1.82) is 0 Å². The van der Waals surface area contributed by atoms with Gasteiger partial charge in [-0.3, -0.25) is 4.90 Å². The van der Waals surface area contributed by atoms with Crippen LogP contribution in [0.3, 0.4) is 0 Å². The van der Waals surface area contributed by atoms with Gasteiger partial charge in [-0.25, -0.2) is 15.3 Å². The number of nitrogens with zero attached hydrogens (tertiary/aromatic N) is 4. The SMILES string of the molecule is CCN1CCN(c2cc(NC34N=CC(C)=C(NO3)N4c3ccc4c(c3)NCO4)ccc2Cl)CC1. The van der Waals surface area contributed by atoms with Crippen LogP contribution in [0, 0.1) is 0 Å². The van der Waals surface area contributed by atoms with Crippen LogP contribution >= 0.6 is 11.6 Å². The monoisotopic (exact) mass is 481 g/mol. The van der Waals surface area contributed by atoms with Gasteiger partial charge in [0.05, 0.1) is 22.1 Å². The van der Waals surface area contributed by atoms with E-state index in [0.29, 0.717) is 6.73 Å². The number of fused-ring (bicyclic) bond motifs is 3. The number of likely N-dealkylation sites (N-methyl/N-ethyl adjacent to an activating group) is 1. The van der Waals surface area contributed by atoms with E-state index in [0.717, 1.165) is 77.6 Å². The smallest absolute Gasteiger partial charge is 0.351 e. The molecule has 3 N–H and O–H groups in total. The molecule has 2 saturated heterocycles. The molecule has 2 bridgehead atoms. The molecular weight excluding hydrogens is 454 g/mol. The second-order valence-electron chi connectivity index (χ2n) is 8.80. The maximum absolute atomic E-state index is 6.62. The van der Waals surface area contributed by atoms with Crippen molar-refractivity contribution in [1.82, 2.24) is 10.4 Å². The summed E-state index contributed by atoms with van der Waals surface area (Å²) in [6.07, 6.45) is 1.83. The fourth-order valence-corrected chi connectivity index (χ4v) is 5.04. The molecule has 4 aliphatic heterocycles. The topological polar surface area (TPSA) is 76.6 Å². The Balaban J connectivity index is 1.32. The second-order valence-corrected chi connectivity index (χ2v) is 9.20. The van der Waals surface area contributed by atoms with Crippen LogP contribution in [0.1, 0.15) is 13.8 Å². The van der Waals surface area contributed by atoms with E-state index in [1.54, 1.807) is 0 Å². The first-order chi connectivity index (χ1) is 16.6. The summed E-state index contributed by atoms with van der Waals surface area (Å²) in [7, 11) is 0. The second kappa shape index (κ2) is 8.26. The molecule has 0 saturated carbocycles. The Morgan fingerprint density at radius 3 is 2.82 bits per heavy atom. The number of aliphatic imine (C=N–C) groups is 1. The van der Waals surface area contributed by atoms with Gasteiger partial charge in [-0.05, 0) is 49.9 Å². The summed E-state index contributed by atoms with van der Waals surface area (Å²) in [4.78, 5) is 17.7. The predicted molar refractivity (Wildman–Crippen MR) is 136 cm³/mol. The van der Waals surface area contributed by atoms with E-state index in [1.807, 2.05) is 48.4 Å². The molecule has 0 aliphatic carbocycles. The zero-order chi connectivity index (χ0) is 23.3. The lowest BCUT2D eigenvalue weighted by Gasteiger charge is -2.37. The van der Waals surface area contributed by atoms with Gasteiger partial charge in [0, 0.05) is 43.7 Å². The molecule has 0 aromatic heterocycles. The van der Waals surface area contributed by atoms with E-state index in [9.17, 15) is 0 Å². The summed E-state index contributed by atoms with van der Waals surface area (Å²) in [5, 5.41) is 7.50. The van der Waals surface area contributed by atoms with E-state index >= 15 is 0 Å². The number of ether oxygens (including phenoxy) is 1. The largest absolute Gasteiger partial charge is 0.471 e. The van der Waals surface area contributed by atoms with Crippen molar-refractivity contribution < 1.29 is 9.57 Å². The number of hydrogen-bond acceptors (Lipinski definition) is 9. The molecule has 0 radical (unpaired) electrons. The fraction of sp³-hybridized carbons (Fsp3) is 0.375. The molecule has 6 rings (SSSR count). The normalized spacial score (nSPS) is 23.5. The number of piperazine rings is 1. The average Bonchev–Trinajstić information content (AvgIpc) is 3.44. The number of nitrogens with one attached hydrogen (secondary N) is 3. The van der Waals surface area contributed by atoms with Crippen molar-refractivity contribution in [3.8, 4) is 5.75 Å². The maximum Gasteiger partial charge on any atom is 0.351 e. The number of rotatable bonds is 5. The summed E-state index contributed by atoms with van der Waals surface area (Å²) >= 11 is 6.62. The summed E-state index contributed by atoms with van der Waals surface area (Å²) in [6.45, 7) is 9.70. The average molecular weight is 482 g/mol. The first-order valence-corrected chi connectivity index (χ1v) is 12.0. The minimum atomic E-state index is -1.17. The van der Waals surface area contributed by atoms with Gasteiger partial charge in [-0.2, -0.15) is 0 Å². The zero-order valence-electron chi connectivity index (χ0n) is 19.3. The lowest BCUT2D eigenvalue weighted by Crippen LogP contribution is -2.51. The third-order valence-corrected chi connectivity index (χ3v) is 7.07. The molecule has 4 heterocycles. The molecule has 2 fully saturated rings. The van der Waals surface area contributed by atoms with E-state index in [1.165, 1.54) is 0 Å². The van der Waals surface area contributed by atoms with Crippen LogP contribution in [0.2, 0.25) is 5.02 Å². The third kappa shape index (κ3) is 3.51. The predicted octanol–water partition coefficient (Wildman–Crippen LogP) is 3.62. The van der Waals surface area contributed by atoms with Gasteiger partial charge in [0.1, 0.15) is 11.6 Å². The zero-order valence-corrected chi connectivity index (χ0v) is 20.0. The highest BCUT2D eigenvalue weighted by Gasteiger charge is 2.49. The first kappa shape index (κ1) is 21.4. The van der Waals surface area contributed by atoms with Crippen LogP contribution in [-0.2, 0) is 4.84 Å². The molecule has 1 atom stereocenters. The van der Waals surface area contributed by atoms with Crippen molar-refractivity contribution in [2.45, 2.75) is 19.8 Å². The van der Waals surface area contributed by atoms with E-state index < -0.39 is 5.97 Å². The molecule has 0 amide bonds. The molecule has 34 heavy (non-hydrogen) atoms. The van der Waals surface area contributed by atoms with Crippen molar-refractivity contribution in [2.24, 2.45) is 4.99 Å². The third-order valence-electron chi connectivity index (χ3n) is 6.75. The Kier molecular flexibility index (Phi) is 5.20. The standard InChI is InChI=1S/C24H28ClN7O2/c1-3-30-8-10-31(11-9-30)21-12-17(4-6-19(21)25)28-24-27-14-16(2)23(29-34-24)32(24)18-5-7-22-20(13-18)26-15-33-22/h4-7,12-14,26,28-29H,3,8-11,15H2,1-2H3. The highest BCUT2D eigenvalue weighted by molar-refractivity contribution is 6.33. The van der Waals surface area contributed by atoms with Gasteiger partial charge in [0.25, 0.3) is 0 Å². The molecular formula is C24H28ClN7O2. The summed E-state index contributed by atoms with van der Waals surface area (Å²) in [5.41, 5.74) is 7.79. The Hall–Kier alpha value is -3.14. The van der Waals surface area contributed by atoms with Crippen LogP contribution < -0.4 is 30.7 Å². The van der Waals surface area contributed by atoms with Crippen LogP contribution in [-0.4, -0.2) is 56.5 Å². The molecule has 2 aromatic rings. The van der Waals surface area contributed by atoms with Gasteiger partial charge in [0.15, 0.2) is 6.73 Å². The molecule has 178 valence electrons. The number of benzene rings is 2. The van der Waals surface area contributed by atoms with Crippen LogP contribution in [0.5, 0.6) is 5.75 Å². The lowest BCUT2D eigenvalue weighted by atomic mass is 10.2. The number of hydrogen-bond donors (Lipinski definition) is 3. The number of allylic oxidation sites excluding steroid dienone is 1. The number of anilines is 4. The molecule has 0 spiro atoms. The van der Waals surface area contributed by atoms with Gasteiger partial charge in [0.2, 0.25) is 0 Å². The molecule has 9 nitrogen and oxygen atoms in total. The highest BCUT2D eigenvalue weighted by Crippen LogP contribution is 2.42. The van der Waals surface area contributed by atoms with Crippen molar-refractivity contribution in [3.63, 3.8) is 0 Å². The quantitative estimate of drug-likeness (QED) is 0.598. The first-order valence-electron chi connectivity index (χ1n) is 11.6. The fourth-order valence-electron chi connectivity index (χ4n) is 4.80. The Morgan fingerprint density at radius 1 is 1.15 bits per heavy atom. The summed E-state index contributed by atoms with van der Waals surface area (Å²) < 4.78 is 5.59. The van der Waals surface area contributed by atoms with Crippen molar-refractivity contribution in [2.75, 3.05) is 59.9 Å². The van der Waals surface area contributed by atoms with Crippen molar-refractivity contribution >= 4 is 40.6 Å². The molecule has 10 heteroatoms. The van der Waals surface area contributed by atoms with Crippen molar-refractivity contribution in [3.05, 3.63) is 52.8 Å². The van der Waals surface area contributed by atoms with Gasteiger partial charge in [-0.1, -0.05) is 18.5 Å². The van der Waals surface area contributed by atoms with Gasteiger partial charge in [-0.15, -0.1) is 0 Å². The highest BCUT2D eigenvalue weighted by atomic mass is 35.5. The van der Waals surface area contributed by atoms with E-state index in [2.05, 4.69) is 38.9 Å². The van der Waals surface area contributed by atoms with Crippen LogP contribution in [0.15, 0.2) is 52.8 Å². The molecule has 1 unspecified atom stereocenters. The van der Waals surface area contributed by atoms with Crippen LogP contribution in [0.4, 0.5) is 22.7 Å². The van der Waals surface area contributed by atoms with E-state index in [-0.39, 0.29) is 0 Å². The Bertz CT molecular complexity index is 1180. The minimum Gasteiger partial charge on any atom is -0.471 e. The van der Waals surface area contributed by atoms with Gasteiger partial charge >= 0.3 is 5.97 Å². The summed E-state index contributed by atoms with van der Waals surface area (Å²) in [5.74, 6) is 0.504. The Labute approximate surface area is 203 Å². The van der Waals surface area contributed by atoms with Gasteiger partial charge < -0.3 is 25.2 Å². The van der Waals surface area contributed by atoms with E-state index in [4.69, 9.17) is 26.2 Å². The minimum absolute atomic E-state index is 0.469. The maximum atomic E-state index is 6.62. The lowest BCUT2D eigenvalue weighted by molar-refractivity contribution is -0.0214.